The Hall–Kier alpha value is -3.75. The van der Waals surface area contributed by atoms with Crippen molar-refractivity contribution in [2.45, 2.75) is 64.4 Å². The summed E-state index contributed by atoms with van der Waals surface area (Å²) in [5, 5.41) is 46.6. The number of aliphatic hydroxyl groups excluding tert-OH is 2. The zero-order chi connectivity index (χ0) is 34.6. The Bertz CT molecular complexity index is 1310. The van der Waals surface area contributed by atoms with Crippen molar-refractivity contribution in [2.24, 2.45) is 22.6 Å². The number of allylic oxidation sites excluding steroid dienone is 2. The summed E-state index contributed by atoms with van der Waals surface area (Å²) >= 11 is 0. The fourth-order valence-corrected chi connectivity index (χ4v) is 5.21. The van der Waals surface area contributed by atoms with E-state index in [2.05, 4.69) is 10.3 Å². The number of aliphatic imine (C=N–C) groups is 1. The first-order valence-corrected chi connectivity index (χ1v) is 15.2. The first kappa shape index (κ1) is 38.4. The molecule has 0 saturated heterocycles. The topological polar surface area (TPSA) is 196 Å². The van der Waals surface area contributed by atoms with Crippen LogP contribution in [0.1, 0.15) is 39.2 Å². The lowest BCUT2D eigenvalue weighted by Crippen LogP contribution is -2.38. The van der Waals surface area contributed by atoms with Gasteiger partial charge < -0.3 is 50.6 Å². The van der Waals surface area contributed by atoms with Gasteiger partial charge in [-0.05, 0) is 51.8 Å². The van der Waals surface area contributed by atoms with Crippen molar-refractivity contribution < 1.29 is 44.2 Å². The van der Waals surface area contributed by atoms with Crippen LogP contribution in [0.15, 0.2) is 46.5 Å². The monoisotopic (exact) mass is 646 g/mol. The van der Waals surface area contributed by atoms with E-state index in [1.165, 1.54) is 38.5 Å². The summed E-state index contributed by atoms with van der Waals surface area (Å²) < 4.78 is 16.5. The molecular weight excluding hydrogens is 596 g/mol. The van der Waals surface area contributed by atoms with Crippen LogP contribution in [0.4, 0.5) is 16.2 Å². The minimum atomic E-state index is -1.14. The van der Waals surface area contributed by atoms with E-state index >= 15 is 0 Å². The largest absolute Gasteiger partial charge is 0.506 e. The molecular formula is C33H50N4O9. The fraction of sp³-hybridized carbons (Fsp3) is 0.545. The standard InChI is InChI=1S/C33H50N4O9/c1-19-14-23-28(35-12-9-13-37(4)5)25(39)17-24(30(23)41)36-32(42)20(2)10-8-11-26(44-6)31(46-33(34)43)22(18-38)16-21(3)29(40)27(15-19)45-7/h8,10-12,16-17,19,21,26-27,29,31,38-41H,9,13-15,18H2,1-7H3,(H2,34,43)(H,36,42)/t19-,21+,26+,27+,29-,31+/m1/s1. The van der Waals surface area contributed by atoms with Gasteiger partial charge in [0.1, 0.15) is 23.3 Å². The first-order valence-electron chi connectivity index (χ1n) is 15.2. The number of phenolic OH excluding ortho intramolecular Hbond substituents is 2. The predicted octanol–water partition coefficient (Wildman–Crippen LogP) is 3.18. The van der Waals surface area contributed by atoms with Crippen molar-refractivity contribution in [3.05, 3.63) is 47.1 Å². The molecule has 0 aromatic heterocycles. The van der Waals surface area contributed by atoms with E-state index in [1.54, 1.807) is 26.1 Å². The zero-order valence-electron chi connectivity index (χ0n) is 27.8. The van der Waals surface area contributed by atoms with Crippen LogP contribution in [0.3, 0.4) is 0 Å². The molecule has 13 heteroatoms. The van der Waals surface area contributed by atoms with Gasteiger partial charge in [-0.1, -0.05) is 38.2 Å². The molecule has 0 aliphatic carbocycles. The number of anilines is 1. The van der Waals surface area contributed by atoms with Gasteiger partial charge in [0, 0.05) is 50.1 Å². The molecule has 2 rings (SSSR count). The van der Waals surface area contributed by atoms with Crippen LogP contribution >= 0.6 is 0 Å². The molecule has 0 fully saturated rings. The molecule has 1 aliphatic rings. The van der Waals surface area contributed by atoms with Crippen LogP contribution in [0.25, 0.3) is 0 Å². The number of aromatic hydroxyl groups is 2. The van der Waals surface area contributed by atoms with Crippen molar-refractivity contribution in [2.75, 3.05) is 46.8 Å². The average Bonchev–Trinajstić information content (AvgIpc) is 3.00. The van der Waals surface area contributed by atoms with E-state index in [4.69, 9.17) is 19.9 Å². The summed E-state index contributed by atoms with van der Waals surface area (Å²) in [7, 11) is 6.72. The maximum Gasteiger partial charge on any atom is 0.405 e. The molecule has 256 valence electrons. The third-order valence-corrected chi connectivity index (χ3v) is 7.78. The molecule has 2 bridgehead atoms. The van der Waals surface area contributed by atoms with Gasteiger partial charge in [-0.3, -0.25) is 9.79 Å². The van der Waals surface area contributed by atoms with Crippen LogP contribution in [-0.4, -0.2) is 109 Å². The highest BCUT2D eigenvalue weighted by Crippen LogP contribution is 2.44. The smallest absolute Gasteiger partial charge is 0.405 e. The number of rotatable bonds is 8. The number of nitrogens with zero attached hydrogens (tertiary/aromatic N) is 2. The maximum absolute atomic E-state index is 13.1. The van der Waals surface area contributed by atoms with Crippen molar-refractivity contribution in [1.82, 2.24) is 4.90 Å². The van der Waals surface area contributed by atoms with Crippen LogP contribution in [0.5, 0.6) is 11.5 Å². The number of amides is 2. The Morgan fingerprint density at radius 2 is 1.91 bits per heavy atom. The number of aliphatic hydroxyl groups is 2. The second-order valence-corrected chi connectivity index (χ2v) is 11.8. The van der Waals surface area contributed by atoms with Gasteiger partial charge in [-0.15, -0.1) is 0 Å². The SMILES string of the molecule is CO[C@H]1C=CC=C(C)C(=O)Nc2cc(O)c(N=CCCN(C)C)c(c2O)C[C@@H](C)C[C@H](OC)[C@H](O)[C@@H](C)C=C(CO)[C@@H]1OC(N)=O. The molecule has 7 N–H and O–H groups in total. The molecule has 0 spiro atoms. The number of benzene rings is 1. The summed E-state index contributed by atoms with van der Waals surface area (Å²) in [6.07, 6.45) is 4.05. The van der Waals surface area contributed by atoms with Crippen molar-refractivity contribution in [1.29, 1.82) is 0 Å². The number of fused-ring (bicyclic) bond motifs is 2. The summed E-state index contributed by atoms with van der Waals surface area (Å²) in [6, 6.07) is 1.25. The maximum atomic E-state index is 13.1. The third kappa shape index (κ3) is 11.0. The number of ether oxygens (including phenoxy) is 3. The van der Waals surface area contributed by atoms with E-state index < -0.39 is 48.9 Å². The Morgan fingerprint density at radius 1 is 1.22 bits per heavy atom. The second kappa shape index (κ2) is 18.4. The molecule has 2 amide bonds. The number of carbonyl (C=O) groups is 2. The molecule has 0 unspecified atom stereocenters. The Kier molecular flexibility index (Phi) is 15.4. The highest BCUT2D eigenvalue weighted by atomic mass is 16.6. The molecule has 6 atom stereocenters. The minimum absolute atomic E-state index is 0.00464. The normalized spacial score (nSPS) is 25.3. The Morgan fingerprint density at radius 3 is 2.50 bits per heavy atom. The van der Waals surface area contributed by atoms with Gasteiger partial charge in [-0.2, -0.15) is 0 Å². The van der Waals surface area contributed by atoms with E-state index in [0.717, 1.165) is 6.54 Å². The Labute approximate surface area is 271 Å². The minimum Gasteiger partial charge on any atom is -0.506 e. The second-order valence-electron chi connectivity index (χ2n) is 11.8. The molecule has 46 heavy (non-hydrogen) atoms. The number of hydrogen-bond acceptors (Lipinski definition) is 11. The summed E-state index contributed by atoms with van der Waals surface area (Å²) in [4.78, 5) is 31.4. The van der Waals surface area contributed by atoms with Crippen molar-refractivity contribution in [3.63, 3.8) is 0 Å². The summed E-state index contributed by atoms with van der Waals surface area (Å²) in [5.41, 5.74) is 6.35. The van der Waals surface area contributed by atoms with E-state index in [1.807, 2.05) is 25.9 Å². The zero-order valence-corrected chi connectivity index (χ0v) is 27.8. The summed E-state index contributed by atoms with van der Waals surface area (Å²) in [6.45, 7) is 5.40. The molecule has 1 heterocycles. The number of hydrogen-bond donors (Lipinski definition) is 6. The van der Waals surface area contributed by atoms with Crippen LogP contribution < -0.4 is 11.1 Å². The molecule has 13 nitrogen and oxygen atoms in total. The first-order chi connectivity index (χ1) is 21.7. The van der Waals surface area contributed by atoms with Gasteiger partial charge in [-0.25, -0.2) is 4.79 Å². The van der Waals surface area contributed by atoms with Crippen LogP contribution in [-0.2, 0) is 25.4 Å². The number of primary amides is 1. The fourth-order valence-electron chi connectivity index (χ4n) is 5.21. The lowest BCUT2D eigenvalue weighted by Gasteiger charge is -2.30. The highest BCUT2D eigenvalue weighted by molar-refractivity contribution is 6.04. The van der Waals surface area contributed by atoms with Gasteiger partial charge >= 0.3 is 6.09 Å². The molecule has 0 saturated carbocycles. The van der Waals surface area contributed by atoms with Crippen molar-refractivity contribution >= 4 is 29.6 Å². The van der Waals surface area contributed by atoms with Crippen molar-refractivity contribution in [3.8, 4) is 11.5 Å². The van der Waals surface area contributed by atoms with Crippen LogP contribution in [0, 0.1) is 11.8 Å². The lowest BCUT2D eigenvalue weighted by atomic mass is 9.87. The van der Waals surface area contributed by atoms with Gasteiger partial charge in [0.15, 0.2) is 6.10 Å². The quantitative estimate of drug-likeness (QED) is 0.106. The van der Waals surface area contributed by atoms with E-state index in [9.17, 15) is 30.0 Å². The van der Waals surface area contributed by atoms with Crippen LogP contribution in [0.2, 0.25) is 0 Å². The molecule has 0 radical (unpaired) electrons. The number of phenols is 2. The van der Waals surface area contributed by atoms with Gasteiger partial charge in [0.05, 0.1) is 24.5 Å². The van der Waals surface area contributed by atoms with Gasteiger partial charge in [0.2, 0.25) is 0 Å². The predicted molar refractivity (Wildman–Crippen MR) is 176 cm³/mol. The van der Waals surface area contributed by atoms with E-state index in [-0.39, 0.29) is 46.4 Å². The van der Waals surface area contributed by atoms with E-state index in [0.29, 0.717) is 18.4 Å². The number of carbonyl (C=O) groups excluding carboxylic acids is 2. The average molecular weight is 647 g/mol. The molecule has 1 aliphatic heterocycles. The third-order valence-electron chi connectivity index (χ3n) is 7.78. The number of nitrogens with one attached hydrogen (secondary N) is 1. The highest BCUT2D eigenvalue weighted by Gasteiger charge is 2.31. The summed E-state index contributed by atoms with van der Waals surface area (Å²) in [5.74, 6) is -1.79. The molecule has 1 aromatic rings. The number of nitrogens with two attached hydrogens (primary N) is 1. The number of methoxy groups -OCH3 is 2. The van der Waals surface area contributed by atoms with Gasteiger partial charge in [0.25, 0.3) is 5.91 Å². The lowest BCUT2D eigenvalue weighted by molar-refractivity contribution is -0.112. The molecule has 1 aromatic carbocycles. The Balaban J connectivity index is 2.70.